The van der Waals surface area contributed by atoms with Gasteiger partial charge in [-0.1, -0.05) is 32.4 Å². The van der Waals surface area contributed by atoms with Crippen molar-refractivity contribution in [1.29, 1.82) is 0 Å². The van der Waals surface area contributed by atoms with E-state index in [4.69, 9.17) is 21.1 Å². The molecule has 1 atom stereocenters. The van der Waals surface area contributed by atoms with Crippen molar-refractivity contribution in [2.45, 2.75) is 39.8 Å². The van der Waals surface area contributed by atoms with Gasteiger partial charge in [-0.2, -0.15) is 0 Å². The summed E-state index contributed by atoms with van der Waals surface area (Å²) in [6.45, 7) is 6.68. The van der Waals surface area contributed by atoms with E-state index >= 15 is 0 Å². The van der Waals surface area contributed by atoms with E-state index in [0.29, 0.717) is 29.7 Å². The Balaban J connectivity index is 2.88. The Kier molecular flexibility index (Phi) is 7.48. The van der Waals surface area contributed by atoms with E-state index in [2.05, 4.69) is 5.32 Å². The third-order valence-electron chi connectivity index (χ3n) is 3.20. The van der Waals surface area contributed by atoms with Crippen LogP contribution in [0.25, 0.3) is 0 Å². The van der Waals surface area contributed by atoms with Gasteiger partial charge in [0.05, 0.1) is 18.7 Å². The standard InChI is InChI=1S/C16H24ClNO4/c1-5-6-22-15-12(17)7-11(8-13(15)21-4)9-18-14(10(2)3)16(19)20/h7-8,10,14,18H,5-6,9H2,1-4H3,(H,19,20). The van der Waals surface area contributed by atoms with Crippen LogP contribution in [0.15, 0.2) is 12.1 Å². The van der Waals surface area contributed by atoms with E-state index in [1.165, 1.54) is 0 Å². The normalized spacial score (nSPS) is 12.3. The summed E-state index contributed by atoms with van der Waals surface area (Å²) in [5.74, 6) is 0.195. The monoisotopic (exact) mass is 329 g/mol. The smallest absolute Gasteiger partial charge is 0.320 e. The van der Waals surface area contributed by atoms with Crippen molar-refractivity contribution in [3.05, 3.63) is 22.7 Å². The molecule has 0 fully saturated rings. The Bertz CT molecular complexity index is 505. The van der Waals surface area contributed by atoms with E-state index in [0.717, 1.165) is 12.0 Å². The summed E-state index contributed by atoms with van der Waals surface area (Å²) in [7, 11) is 1.55. The van der Waals surface area contributed by atoms with Gasteiger partial charge >= 0.3 is 5.97 Å². The minimum atomic E-state index is -0.865. The maximum Gasteiger partial charge on any atom is 0.320 e. The van der Waals surface area contributed by atoms with Gasteiger partial charge in [0.2, 0.25) is 0 Å². The summed E-state index contributed by atoms with van der Waals surface area (Å²) in [4.78, 5) is 11.2. The number of carbonyl (C=O) groups is 1. The number of hydrogen-bond acceptors (Lipinski definition) is 4. The van der Waals surface area contributed by atoms with E-state index < -0.39 is 12.0 Å². The van der Waals surface area contributed by atoms with Crippen LogP contribution >= 0.6 is 11.6 Å². The van der Waals surface area contributed by atoms with Gasteiger partial charge in [0.1, 0.15) is 6.04 Å². The van der Waals surface area contributed by atoms with Crippen LogP contribution in [0.2, 0.25) is 5.02 Å². The predicted molar refractivity (Wildman–Crippen MR) is 86.9 cm³/mol. The second kappa shape index (κ2) is 8.86. The van der Waals surface area contributed by atoms with Gasteiger partial charge in [0.15, 0.2) is 11.5 Å². The lowest BCUT2D eigenvalue weighted by Gasteiger charge is -2.19. The van der Waals surface area contributed by atoms with Crippen molar-refractivity contribution >= 4 is 17.6 Å². The second-order valence-corrected chi connectivity index (χ2v) is 5.81. The van der Waals surface area contributed by atoms with Gasteiger partial charge in [0.25, 0.3) is 0 Å². The lowest BCUT2D eigenvalue weighted by Crippen LogP contribution is -2.40. The summed E-state index contributed by atoms with van der Waals surface area (Å²) in [6.07, 6.45) is 0.872. The zero-order chi connectivity index (χ0) is 16.7. The van der Waals surface area contributed by atoms with Crippen LogP contribution in [0.3, 0.4) is 0 Å². The molecule has 0 saturated carbocycles. The van der Waals surface area contributed by atoms with Crippen LogP contribution < -0.4 is 14.8 Å². The highest BCUT2D eigenvalue weighted by molar-refractivity contribution is 6.32. The zero-order valence-corrected chi connectivity index (χ0v) is 14.2. The maximum atomic E-state index is 11.2. The van der Waals surface area contributed by atoms with Crippen LogP contribution in [0, 0.1) is 5.92 Å². The first kappa shape index (κ1) is 18.6. The molecule has 0 aliphatic carbocycles. The van der Waals surface area contributed by atoms with Crippen LogP contribution in [0.4, 0.5) is 0 Å². The highest BCUT2D eigenvalue weighted by Gasteiger charge is 2.21. The van der Waals surface area contributed by atoms with Gasteiger partial charge in [0, 0.05) is 6.54 Å². The second-order valence-electron chi connectivity index (χ2n) is 5.40. The molecule has 0 aliphatic heterocycles. The minimum Gasteiger partial charge on any atom is -0.493 e. The summed E-state index contributed by atoms with van der Waals surface area (Å²) < 4.78 is 10.9. The molecule has 1 aromatic carbocycles. The molecule has 0 amide bonds. The minimum absolute atomic E-state index is 0.0120. The van der Waals surface area contributed by atoms with E-state index in [9.17, 15) is 9.90 Å². The summed E-state index contributed by atoms with van der Waals surface area (Å²) in [5.41, 5.74) is 0.845. The predicted octanol–water partition coefficient (Wildman–Crippen LogP) is 3.34. The van der Waals surface area contributed by atoms with Crippen LogP contribution in [-0.4, -0.2) is 30.8 Å². The number of ether oxygens (including phenoxy) is 2. The molecule has 0 aliphatic rings. The number of halogens is 1. The van der Waals surface area contributed by atoms with Crippen LogP contribution in [-0.2, 0) is 11.3 Å². The number of aliphatic carboxylic acids is 1. The molecule has 1 aromatic rings. The molecule has 0 spiro atoms. The molecule has 2 N–H and O–H groups in total. The lowest BCUT2D eigenvalue weighted by atomic mass is 10.0. The Morgan fingerprint density at radius 2 is 2.09 bits per heavy atom. The van der Waals surface area contributed by atoms with E-state index in [1.807, 2.05) is 26.8 Å². The van der Waals surface area contributed by atoms with E-state index in [1.54, 1.807) is 13.2 Å². The quantitative estimate of drug-likeness (QED) is 0.727. The molecule has 0 heterocycles. The number of hydrogen-bond donors (Lipinski definition) is 2. The van der Waals surface area contributed by atoms with Crippen molar-refractivity contribution in [3.63, 3.8) is 0 Å². The highest BCUT2D eigenvalue weighted by atomic mass is 35.5. The van der Waals surface area contributed by atoms with Crippen LogP contribution in [0.5, 0.6) is 11.5 Å². The van der Waals surface area contributed by atoms with Crippen molar-refractivity contribution < 1.29 is 19.4 Å². The Labute approximate surface area is 136 Å². The Morgan fingerprint density at radius 1 is 1.41 bits per heavy atom. The molecule has 6 heteroatoms. The van der Waals surface area contributed by atoms with Crippen molar-refractivity contribution in [1.82, 2.24) is 5.32 Å². The van der Waals surface area contributed by atoms with Crippen LogP contribution in [0.1, 0.15) is 32.8 Å². The fourth-order valence-electron chi connectivity index (χ4n) is 2.06. The molecule has 0 bridgehead atoms. The molecule has 0 radical (unpaired) electrons. The average molecular weight is 330 g/mol. The zero-order valence-electron chi connectivity index (χ0n) is 13.5. The molecule has 1 unspecified atom stereocenters. The molecule has 5 nitrogen and oxygen atoms in total. The third kappa shape index (κ3) is 5.07. The summed E-state index contributed by atoms with van der Waals surface area (Å²) >= 11 is 6.24. The summed E-state index contributed by atoms with van der Waals surface area (Å²) in [5, 5.41) is 12.7. The van der Waals surface area contributed by atoms with Gasteiger partial charge < -0.3 is 19.9 Å². The molecule has 1 rings (SSSR count). The fourth-order valence-corrected chi connectivity index (χ4v) is 2.34. The van der Waals surface area contributed by atoms with Gasteiger partial charge in [-0.15, -0.1) is 0 Å². The maximum absolute atomic E-state index is 11.2. The number of carboxylic acids is 1. The first-order chi connectivity index (χ1) is 10.4. The van der Waals surface area contributed by atoms with Gasteiger partial charge in [-0.05, 0) is 30.0 Å². The molecular weight excluding hydrogens is 306 g/mol. The molecule has 0 aromatic heterocycles. The molecule has 124 valence electrons. The topological polar surface area (TPSA) is 67.8 Å². The van der Waals surface area contributed by atoms with Gasteiger partial charge in [-0.3, -0.25) is 4.79 Å². The van der Waals surface area contributed by atoms with Crippen molar-refractivity contribution in [2.24, 2.45) is 5.92 Å². The average Bonchev–Trinajstić information content (AvgIpc) is 2.45. The van der Waals surface area contributed by atoms with E-state index in [-0.39, 0.29) is 5.92 Å². The summed E-state index contributed by atoms with van der Waals surface area (Å²) in [6, 6.07) is 2.96. The number of methoxy groups -OCH3 is 1. The molecule has 22 heavy (non-hydrogen) atoms. The third-order valence-corrected chi connectivity index (χ3v) is 3.48. The number of nitrogens with one attached hydrogen (secondary N) is 1. The fraction of sp³-hybridized carbons (Fsp3) is 0.562. The first-order valence-electron chi connectivity index (χ1n) is 7.36. The Hall–Kier alpha value is -1.46. The molecular formula is C16H24ClNO4. The lowest BCUT2D eigenvalue weighted by molar-refractivity contribution is -0.140. The highest BCUT2D eigenvalue weighted by Crippen LogP contribution is 2.36. The largest absolute Gasteiger partial charge is 0.493 e. The Morgan fingerprint density at radius 3 is 2.59 bits per heavy atom. The van der Waals surface area contributed by atoms with Crippen molar-refractivity contribution in [2.75, 3.05) is 13.7 Å². The van der Waals surface area contributed by atoms with Gasteiger partial charge in [-0.25, -0.2) is 0 Å². The molecule has 0 saturated heterocycles. The number of benzene rings is 1. The van der Waals surface area contributed by atoms with Crippen molar-refractivity contribution in [3.8, 4) is 11.5 Å². The first-order valence-corrected chi connectivity index (χ1v) is 7.73. The number of rotatable bonds is 9. The SMILES string of the molecule is CCCOc1c(Cl)cc(CNC(C(=O)O)C(C)C)cc1OC. The number of carboxylic acid groups (broad SMARTS) is 1.